The van der Waals surface area contributed by atoms with E-state index in [9.17, 15) is 10.1 Å². The molecule has 0 amide bonds. The van der Waals surface area contributed by atoms with Crippen LogP contribution in [-0.4, -0.2) is 12.0 Å². The molecule has 0 aliphatic heterocycles. The second-order valence-corrected chi connectivity index (χ2v) is 8.40. The number of nitro groups is 1. The molecule has 0 saturated carbocycles. The third-order valence-electron chi connectivity index (χ3n) is 4.49. The lowest BCUT2D eigenvalue weighted by molar-refractivity contribution is -0.384. The van der Waals surface area contributed by atoms with Crippen molar-refractivity contribution < 1.29 is 14.4 Å². The lowest BCUT2D eigenvalue weighted by atomic mass is 10.1. The van der Waals surface area contributed by atoms with Crippen molar-refractivity contribution in [2.24, 2.45) is 0 Å². The second-order valence-electron chi connectivity index (χ2n) is 6.63. The molecule has 0 bridgehead atoms. The maximum absolute atomic E-state index is 10.8. The monoisotopic (exact) mass is 534 g/mol. The van der Waals surface area contributed by atoms with Gasteiger partial charge in [0.15, 0.2) is 11.5 Å². The van der Waals surface area contributed by atoms with Gasteiger partial charge >= 0.3 is 0 Å². The van der Waals surface area contributed by atoms with Gasteiger partial charge in [-0.15, -0.1) is 0 Å². The van der Waals surface area contributed by atoms with Gasteiger partial charge in [-0.1, -0.05) is 15.9 Å². The fraction of sp³-hybridized carbons (Fsp3) is 0.182. The molecule has 3 aromatic rings. The van der Waals surface area contributed by atoms with E-state index < -0.39 is 4.92 Å². The molecule has 0 aromatic heterocycles. The minimum atomic E-state index is -0.424. The maximum atomic E-state index is 10.8. The number of anilines is 1. The molecule has 0 saturated heterocycles. The van der Waals surface area contributed by atoms with Crippen molar-refractivity contribution in [1.29, 1.82) is 0 Å². The van der Waals surface area contributed by atoms with E-state index in [-0.39, 0.29) is 12.3 Å². The second kappa shape index (κ2) is 9.95. The van der Waals surface area contributed by atoms with E-state index in [0.717, 1.165) is 31.3 Å². The number of methoxy groups -OCH3 is 1. The number of hydrogen-bond donors (Lipinski definition) is 1. The zero-order valence-corrected chi connectivity index (χ0v) is 19.6. The Hall–Kier alpha value is -2.58. The lowest BCUT2D eigenvalue weighted by Gasteiger charge is -2.16. The first kappa shape index (κ1) is 22.1. The number of nitrogens with zero attached hydrogens (tertiary/aromatic N) is 1. The molecule has 156 valence electrons. The number of hydrogen-bond acceptors (Lipinski definition) is 5. The molecule has 0 radical (unpaired) electrons. The summed E-state index contributed by atoms with van der Waals surface area (Å²) in [6.45, 7) is 2.95. The Labute approximate surface area is 191 Å². The van der Waals surface area contributed by atoms with Gasteiger partial charge in [0.2, 0.25) is 0 Å². The number of nitro benzene ring substituents is 1. The standard InChI is InChI=1S/C22H20Br2N2O4/c1-14-9-17(23)5-8-20(14)25-12-16-10-19(24)22(21(11-16)29-2)30-13-15-3-6-18(7-4-15)26(27)28/h3-11,25H,12-13H2,1-2H3. The number of nitrogens with one attached hydrogen (secondary N) is 1. The van der Waals surface area contributed by atoms with Crippen molar-refractivity contribution in [3.8, 4) is 11.5 Å². The molecule has 6 nitrogen and oxygen atoms in total. The van der Waals surface area contributed by atoms with Gasteiger partial charge in [-0.3, -0.25) is 10.1 Å². The third-order valence-corrected chi connectivity index (χ3v) is 5.57. The molecule has 30 heavy (non-hydrogen) atoms. The summed E-state index contributed by atoms with van der Waals surface area (Å²) in [6.07, 6.45) is 0. The van der Waals surface area contributed by atoms with Crippen molar-refractivity contribution in [1.82, 2.24) is 0 Å². The van der Waals surface area contributed by atoms with Crippen LogP contribution in [0, 0.1) is 17.0 Å². The van der Waals surface area contributed by atoms with Gasteiger partial charge in [-0.2, -0.15) is 0 Å². The zero-order valence-electron chi connectivity index (χ0n) is 16.4. The number of rotatable bonds is 8. The normalized spacial score (nSPS) is 10.5. The number of halogens is 2. The van der Waals surface area contributed by atoms with E-state index >= 15 is 0 Å². The average molecular weight is 536 g/mol. The Kier molecular flexibility index (Phi) is 7.33. The van der Waals surface area contributed by atoms with Crippen molar-refractivity contribution >= 4 is 43.2 Å². The minimum absolute atomic E-state index is 0.0513. The molecule has 0 aliphatic rings. The molecule has 3 rings (SSSR count). The quantitative estimate of drug-likeness (QED) is 0.259. The highest BCUT2D eigenvalue weighted by molar-refractivity contribution is 9.10. The first-order valence-corrected chi connectivity index (χ1v) is 10.7. The predicted molar refractivity (Wildman–Crippen MR) is 124 cm³/mol. The molecule has 0 unspecified atom stereocenters. The van der Waals surface area contributed by atoms with Crippen LogP contribution in [0.4, 0.5) is 11.4 Å². The van der Waals surface area contributed by atoms with Gasteiger partial charge in [0, 0.05) is 28.8 Å². The van der Waals surface area contributed by atoms with Crippen LogP contribution in [-0.2, 0) is 13.2 Å². The molecule has 3 aromatic carbocycles. The summed E-state index contributed by atoms with van der Waals surface area (Å²) >= 11 is 7.04. The Balaban J connectivity index is 1.71. The van der Waals surface area contributed by atoms with Gasteiger partial charge in [0.25, 0.3) is 5.69 Å². The fourth-order valence-electron chi connectivity index (χ4n) is 2.91. The summed E-state index contributed by atoms with van der Waals surface area (Å²) in [7, 11) is 1.59. The molecule has 1 N–H and O–H groups in total. The highest BCUT2D eigenvalue weighted by Gasteiger charge is 2.13. The first-order valence-electron chi connectivity index (χ1n) is 9.10. The Morgan fingerprint density at radius 2 is 1.77 bits per heavy atom. The van der Waals surface area contributed by atoms with Gasteiger partial charge < -0.3 is 14.8 Å². The zero-order chi connectivity index (χ0) is 21.7. The van der Waals surface area contributed by atoms with E-state index in [1.165, 1.54) is 12.1 Å². The number of non-ortho nitro benzene ring substituents is 1. The largest absolute Gasteiger partial charge is 0.493 e. The summed E-state index contributed by atoms with van der Waals surface area (Å²) in [5.41, 5.74) is 4.12. The Morgan fingerprint density at radius 3 is 2.40 bits per heavy atom. The first-order chi connectivity index (χ1) is 14.4. The minimum Gasteiger partial charge on any atom is -0.493 e. The number of ether oxygens (including phenoxy) is 2. The summed E-state index contributed by atoms with van der Waals surface area (Å²) in [6, 6.07) is 16.3. The van der Waals surface area contributed by atoms with Gasteiger partial charge in [-0.05, 0) is 82.0 Å². The van der Waals surface area contributed by atoms with Gasteiger partial charge in [-0.25, -0.2) is 0 Å². The van der Waals surface area contributed by atoms with Crippen molar-refractivity contribution in [3.05, 3.63) is 90.3 Å². The van der Waals surface area contributed by atoms with E-state index in [4.69, 9.17) is 9.47 Å². The molecule has 0 atom stereocenters. The van der Waals surface area contributed by atoms with E-state index in [0.29, 0.717) is 18.0 Å². The molecular weight excluding hydrogens is 516 g/mol. The summed E-state index contributed by atoms with van der Waals surface area (Å²) in [5.74, 6) is 1.19. The predicted octanol–water partition coefficient (Wildman–Crippen LogP) is 6.63. The number of benzene rings is 3. The van der Waals surface area contributed by atoms with Crippen LogP contribution in [0.25, 0.3) is 0 Å². The van der Waals surface area contributed by atoms with Crippen molar-refractivity contribution in [2.75, 3.05) is 12.4 Å². The van der Waals surface area contributed by atoms with Crippen molar-refractivity contribution in [3.63, 3.8) is 0 Å². The Bertz CT molecular complexity index is 1060. The van der Waals surface area contributed by atoms with E-state index in [1.807, 2.05) is 24.3 Å². The van der Waals surface area contributed by atoms with Crippen LogP contribution in [0.1, 0.15) is 16.7 Å². The molecule has 0 fully saturated rings. The summed E-state index contributed by atoms with van der Waals surface area (Å²) < 4.78 is 13.3. The summed E-state index contributed by atoms with van der Waals surface area (Å²) in [4.78, 5) is 10.3. The molecular formula is C22H20Br2N2O4. The van der Waals surface area contributed by atoms with E-state index in [1.54, 1.807) is 19.2 Å². The lowest BCUT2D eigenvalue weighted by Crippen LogP contribution is -2.03. The summed E-state index contributed by atoms with van der Waals surface area (Å²) in [5, 5.41) is 14.2. The average Bonchev–Trinajstić information content (AvgIpc) is 2.72. The highest BCUT2D eigenvalue weighted by Crippen LogP contribution is 2.37. The van der Waals surface area contributed by atoms with Crippen molar-refractivity contribution in [2.45, 2.75) is 20.1 Å². The van der Waals surface area contributed by atoms with E-state index in [2.05, 4.69) is 50.2 Å². The van der Waals surface area contributed by atoms with Crippen LogP contribution < -0.4 is 14.8 Å². The molecule has 8 heteroatoms. The maximum Gasteiger partial charge on any atom is 0.269 e. The van der Waals surface area contributed by atoms with Crippen LogP contribution >= 0.6 is 31.9 Å². The van der Waals surface area contributed by atoms with Crippen LogP contribution in [0.2, 0.25) is 0 Å². The van der Waals surface area contributed by atoms with Gasteiger partial charge in [0.1, 0.15) is 6.61 Å². The highest BCUT2D eigenvalue weighted by atomic mass is 79.9. The molecule has 0 spiro atoms. The Morgan fingerprint density at radius 1 is 1.03 bits per heavy atom. The van der Waals surface area contributed by atoms with Crippen LogP contribution in [0.15, 0.2) is 63.5 Å². The molecule has 0 aliphatic carbocycles. The van der Waals surface area contributed by atoms with Crippen LogP contribution in [0.3, 0.4) is 0 Å². The van der Waals surface area contributed by atoms with Crippen LogP contribution in [0.5, 0.6) is 11.5 Å². The topological polar surface area (TPSA) is 73.6 Å². The fourth-order valence-corrected chi connectivity index (χ4v) is 3.99. The smallest absolute Gasteiger partial charge is 0.269 e. The third kappa shape index (κ3) is 5.52. The SMILES string of the molecule is COc1cc(CNc2ccc(Br)cc2C)cc(Br)c1OCc1ccc([N+](=O)[O-])cc1. The molecule has 0 heterocycles. The number of aryl methyl sites for hydroxylation is 1. The van der Waals surface area contributed by atoms with Gasteiger partial charge in [0.05, 0.1) is 16.5 Å².